The third-order valence-corrected chi connectivity index (χ3v) is 6.91. The van der Waals surface area contributed by atoms with E-state index in [9.17, 15) is 9.59 Å². The van der Waals surface area contributed by atoms with Gasteiger partial charge in [-0.15, -0.1) is 11.3 Å². The largest absolute Gasteiger partial charge is 0.340 e. The van der Waals surface area contributed by atoms with E-state index in [2.05, 4.69) is 44.8 Å². The monoisotopic (exact) mass is 462 g/mol. The van der Waals surface area contributed by atoms with Crippen LogP contribution in [0.25, 0.3) is 0 Å². The predicted octanol–water partition coefficient (Wildman–Crippen LogP) is 4.40. The van der Waals surface area contributed by atoms with Crippen LogP contribution in [-0.2, 0) is 24.3 Å². The normalized spacial score (nSPS) is 14.5. The molecule has 7 heteroatoms. The van der Waals surface area contributed by atoms with Gasteiger partial charge in [0.15, 0.2) is 5.13 Å². The van der Waals surface area contributed by atoms with Crippen LogP contribution in [-0.4, -0.2) is 34.3 Å². The zero-order chi connectivity index (χ0) is 23.4. The van der Waals surface area contributed by atoms with Crippen LogP contribution in [0, 0.1) is 12.8 Å². The summed E-state index contributed by atoms with van der Waals surface area (Å²) in [6.07, 6.45) is 0.867. The van der Waals surface area contributed by atoms with Crippen LogP contribution in [0.2, 0.25) is 0 Å². The molecule has 0 saturated carbocycles. The van der Waals surface area contributed by atoms with Gasteiger partial charge in [0.2, 0.25) is 5.91 Å². The first kappa shape index (κ1) is 23.1. The number of fused-ring (bicyclic) bond motifs is 1. The molecule has 1 atom stereocenters. The lowest BCUT2D eigenvalue weighted by atomic mass is 10.0. The fourth-order valence-corrected chi connectivity index (χ4v) is 5.10. The maximum absolute atomic E-state index is 13.1. The molecule has 1 aliphatic rings. The maximum atomic E-state index is 13.1. The predicted molar refractivity (Wildman–Crippen MR) is 132 cm³/mol. The minimum Gasteiger partial charge on any atom is -0.340 e. The first-order chi connectivity index (χ1) is 15.9. The van der Waals surface area contributed by atoms with E-state index in [4.69, 9.17) is 0 Å². The van der Waals surface area contributed by atoms with Crippen molar-refractivity contribution < 1.29 is 9.59 Å². The van der Waals surface area contributed by atoms with Crippen LogP contribution in [0.5, 0.6) is 0 Å². The summed E-state index contributed by atoms with van der Waals surface area (Å²) in [6.45, 7) is 8.42. The maximum Gasteiger partial charge on any atom is 0.252 e. The molecule has 0 saturated heterocycles. The Hall–Kier alpha value is -3.03. The van der Waals surface area contributed by atoms with Crippen molar-refractivity contribution in [3.05, 3.63) is 81.9 Å². The first-order valence-corrected chi connectivity index (χ1v) is 12.1. The minimum atomic E-state index is -0.646. The highest BCUT2D eigenvalue weighted by Gasteiger charge is 2.27. The van der Waals surface area contributed by atoms with Gasteiger partial charge in [0.1, 0.15) is 6.04 Å². The Balaban J connectivity index is 1.40. The van der Waals surface area contributed by atoms with Crippen molar-refractivity contribution in [2.24, 2.45) is 5.92 Å². The minimum absolute atomic E-state index is 0.0612. The highest BCUT2D eigenvalue weighted by molar-refractivity contribution is 7.15. The SMILES string of the molecule is Cc1ccccc1C(=O)NC(C(=O)Nc1nc2c(s1)CN(Cc1ccccc1)CC2)C(C)C. The van der Waals surface area contributed by atoms with Crippen LogP contribution < -0.4 is 10.6 Å². The van der Waals surface area contributed by atoms with Crippen molar-refractivity contribution in [2.75, 3.05) is 11.9 Å². The fourth-order valence-electron chi connectivity index (χ4n) is 4.04. The number of aromatic nitrogens is 1. The molecule has 2 N–H and O–H groups in total. The van der Waals surface area contributed by atoms with Gasteiger partial charge in [-0.1, -0.05) is 62.4 Å². The van der Waals surface area contributed by atoms with Gasteiger partial charge in [-0.05, 0) is 30.0 Å². The van der Waals surface area contributed by atoms with E-state index in [-0.39, 0.29) is 17.7 Å². The second kappa shape index (κ2) is 10.3. The highest BCUT2D eigenvalue weighted by atomic mass is 32.1. The van der Waals surface area contributed by atoms with Crippen molar-refractivity contribution in [1.82, 2.24) is 15.2 Å². The Kier molecular flexibility index (Phi) is 7.20. The zero-order valence-corrected chi connectivity index (χ0v) is 20.1. The molecule has 0 aliphatic carbocycles. The smallest absolute Gasteiger partial charge is 0.252 e. The lowest BCUT2D eigenvalue weighted by Crippen LogP contribution is -2.47. The molecule has 2 aromatic carbocycles. The summed E-state index contributed by atoms with van der Waals surface area (Å²) in [6, 6.07) is 17.2. The molecule has 2 amide bonds. The van der Waals surface area contributed by atoms with Crippen LogP contribution in [0.1, 0.15) is 45.9 Å². The molecular formula is C26H30N4O2S. The van der Waals surface area contributed by atoms with Gasteiger partial charge in [0.25, 0.3) is 5.91 Å². The van der Waals surface area contributed by atoms with Crippen LogP contribution in [0.4, 0.5) is 5.13 Å². The number of hydrogen-bond donors (Lipinski definition) is 2. The number of carbonyl (C=O) groups excluding carboxylic acids is 2. The molecule has 33 heavy (non-hydrogen) atoms. The molecule has 3 aromatic rings. The summed E-state index contributed by atoms with van der Waals surface area (Å²) < 4.78 is 0. The molecule has 0 fully saturated rings. The van der Waals surface area contributed by atoms with Gasteiger partial charge in [-0.2, -0.15) is 0 Å². The number of aryl methyl sites for hydroxylation is 1. The molecule has 1 aromatic heterocycles. The molecular weight excluding hydrogens is 432 g/mol. The van der Waals surface area contributed by atoms with E-state index in [0.717, 1.165) is 37.3 Å². The van der Waals surface area contributed by atoms with E-state index < -0.39 is 6.04 Å². The molecule has 6 nitrogen and oxygen atoms in total. The summed E-state index contributed by atoms with van der Waals surface area (Å²) in [5, 5.41) is 6.46. The number of nitrogens with one attached hydrogen (secondary N) is 2. The molecule has 0 spiro atoms. The molecule has 2 heterocycles. The molecule has 1 aliphatic heterocycles. The standard InChI is InChI=1S/C26H30N4O2S/c1-17(2)23(28-24(31)20-12-8-7-9-18(20)3)25(32)29-26-27-21-13-14-30(16-22(21)33-26)15-19-10-5-4-6-11-19/h4-12,17,23H,13-16H2,1-3H3,(H,28,31)(H,27,29,32). The van der Waals surface area contributed by atoms with Crippen molar-refractivity contribution in [3.8, 4) is 0 Å². The quantitative estimate of drug-likeness (QED) is 0.546. The van der Waals surface area contributed by atoms with E-state index in [1.165, 1.54) is 21.8 Å². The number of hydrogen-bond acceptors (Lipinski definition) is 5. The van der Waals surface area contributed by atoms with E-state index >= 15 is 0 Å². The second-order valence-corrected chi connectivity index (χ2v) is 9.92. The zero-order valence-electron chi connectivity index (χ0n) is 19.3. The summed E-state index contributed by atoms with van der Waals surface area (Å²) >= 11 is 1.53. The number of amides is 2. The number of anilines is 1. The Labute approximate surface area is 199 Å². The first-order valence-electron chi connectivity index (χ1n) is 11.3. The lowest BCUT2D eigenvalue weighted by molar-refractivity contribution is -0.118. The Morgan fingerprint density at radius 3 is 2.55 bits per heavy atom. The summed E-state index contributed by atoms with van der Waals surface area (Å²) in [4.78, 5) is 34.1. The lowest BCUT2D eigenvalue weighted by Gasteiger charge is -2.25. The van der Waals surface area contributed by atoms with Crippen molar-refractivity contribution in [2.45, 2.75) is 46.3 Å². The summed E-state index contributed by atoms with van der Waals surface area (Å²) in [5.74, 6) is -0.537. The third kappa shape index (κ3) is 5.67. The summed E-state index contributed by atoms with van der Waals surface area (Å²) in [7, 11) is 0. The number of rotatable bonds is 7. The third-order valence-electron chi connectivity index (χ3n) is 5.91. The van der Waals surface area contributed by atoms with Gasteiger partial charge in [-0.3, -0.25) is 14.5 Å². The van der Waals surface area contributed by atoms with Crippen LogP contribution in [0.3, 0.4) is 0 Å². The number of benzene rings is 2. The Morgan fingerprint density at radius 1 is 1.09 bits per heavy atom. The molecule has 0 radical (unpaired) electrons. The Bertz CT molecular complexity index is 1130. The van der Waals surface area contributed by atoms with E-state index in [1.54, 1.807) is 6.07 Å². The topological polar surface area (TPSA) is 74.3 Å². The van der Waals surface area contributed by atoms with Crippen LogP contribution >= 0.6 is 11.3 Å². The molecule has 0 bridgehead atoms. The number of thiazole rings is 1. The van der Waals surface area contributed by atoms with E-state index in [1.807, 2.05) is 45.0 Å². The fraction of sp³-hybridized carbons (Fsp3) is 0.346. The number of carbonyl (C=O) groups is 2. The van der Waals surface area contributed by atoms with Crippen molar-refractivity contribution in [1.29, 1.82) is 0 Å². The number of nitrogens with zero attached hydrogens (tertiary/aromatic N) is 2. The molecule has 1 unspecified atom stereocenters. The average Bonchev–Trinajstić information content (AvgIpc) is 3.19. The molecule has 4 rings (SSSR count). The van der Waals surface area contributed by atoms with Crippen LogP contribution in [0.15, 0.2) is 54.6 Å². The summed E-state index contributed by atoms with van der Waals surface area (Å²) in [5.41, 5.74) is 3.82. The second-order valence-electron chi connectivity index (χ2n) is 8.83. The molecule has 172 valence electrons. The highest BCUT2D eigenvalue weighted by Crippen LogP contribution is 2.29. The average molecular weight is 463 g/mol. The van der Waals surface area contributed by atoms with Gasteiger partial charge in [-0.25, -0.2) is 4.98 Å². The van der Waals surface area contributed by atoms with Gasteiger partial charge < -0.3 is 10.6 Å². The Morgan fingerprint density at radius 2 is 1.82 bits per heavy atom. The van der Waals surface area contributed by atoms with Crippen molar-refractivity contribution in [3.63, 3.8) is 0 Å². The van der Waals surface area contributed by atoms with Gasteiger partial charge in [0.05, 0.1) is 5.69 Å². The van der Waals surface area contributed by atoms with Gasteiger partial charge in [0, 0.05) is 36.5 Å². The van der Waals surface area contributed by atoms with E-state index in [0.29, 0.717) is 10.7 Å². The van der Waals surface area contributed by atoms with Gasteiger partial charge >= 0.3 is 0 Å². The van der Waals surface area contributed by atoms with Crippen molar-refractivity contribution >= 4 is 28.3 Å².